The van der Waals surface area contributed by atoms with Crippen molar-refractivity contribution < 1.29 is 13.9 Å². The molecule has 3 aromatic heterocycles. The van der Waals surface area contributed by atoms with Crippen molar-refractivity contribution in [2.24, 2.45) is 0 Å². The number of ether oxygens (including phenoxy) is 2. The fourth-order valence-corrected chi connectivity index (χ4v) is 5.11. The lowest BCUT2D eigenvalue weighted by molar-refractivity contribution is 0.340. The number of hydrogen-bond donors (Lipinski definition) is 0. The van der Waals surface area contributed by atoms with E-state index in [1.807, 2.05) is 67.7 Å². The minimum absolute atomic E-state index is 0.141. The van der Waals surface area contributed by atoms with Crippen LogP contribution in [0.3, 0.4) is 0 Å². The van der Waals surface area contributed by atoms with Crippen LogP contribution in [0.25, 0.3) is 39.4 Å². The van der Waals surface area contributed by atoms with E-state index in [1.54, 1.807) is 22.9 Å². The summed E-state index contributed by atoms with van der Waals surface area (Å²) >= 11 is 1.23. The number of benzene rings is 3. The highest BCUT2D eigenvalue weighted by Gasteiger charge is 2.16. The van der Waals surface area contributed by atoms with Gasteiger partial charge in [0.2, 0.25) is 4.96 Å². The van der Waals surface area contributed by atoms with Crippen molar-refractivity contribution in [1.82, 2.24) is 24.4 Å². The average Bonchev–Trinajstić information content (AvgIpc) is 3.65. The van der Waals surface area contributed by atoms with Crippen molar-refractivity contribution in [2.75, 3.05) is 13.7 Å². The molecular weight excluding hydrogens is 517 g/mol. The van der Waals surface area contributed by atoms with E-state index in [0.29, 0.717) is 38.7 Å². The SMILES string of the molecule is CCOc1ccc(-c2nc3sc(=Cc4cn(-c5ccccc5)nc4-c4ccc(OC)c(F)c4)c(=O)n3n2)cc1. The number of fused-ring (bicyclic) bond motifs is 1. The average molecular weight is 540 g/mol. The number of thiazole rings is 1. The molecule has 3 heterocycles. The number of hydrogen-bond acceptors (Lipinski definition) is 7. The molecule has 0 aliphatic rings. The third-order valence-corrected chi connectivity index (χ3v) is 7.04. The molecule has 0 radical (unpaired) electrons. The molecule has 0 bridgehead atoms. The van der Waals surface area contributed by atoms with Crippen molar-refractivity contribution in [1.29, 1.82) is 0 Å². The Kier molecular flexibility index (Phi) is 6.37. The van der Waals surface area contributed by atoms with Gasteiger partial charge in [0.25, 0.3) is 5.56 Å². The normalized spacial score (nSPS) is 11.8. The molecule has 6 aromatic rings. The third-order valence-electron chi connectivity index (χ3n) is 6.08. The van der Waals surface area contributed by atoms with Crippen molar-refractivity contribution >= 4 is 22.4 Å². The summed E-state index contributed by atoms with van der Waals surface area (Å²) in [5.41, 5.74) is 3.05. The predicted octanol–water partition coefficient (Wildman–Crippen LogP) is 4.76. The van der Waals surface area contributed by atoms with Crippen LogP contribution in [0.5, 0.6) is 11.5 Å². The standard InChI is InChI=1S/C29H22FN5O3S/c1-3-38-22-12-9-18(10-13-22)27-31-29-35(33-27)28(36)25(39-29)16-20-17-34(21-7-5-4-6-8-21)32-26(20)19-11-14-24(37-2)23(30)15-19/h4-17H,3H2,1-2H3. The van der Waals surface area contributed by atoms with Gasteiger partial charge in [0.15, 0.2) is 17.4 Å². The number of rotatable bonds is 7. The van der Waals surface area contributed by atoms with Gasteiger partial charge in [-0.25, -0.2) is 9.07 Å². The molecule has 0 fully saturated rings. The van der Waals surface area contributed by atoms with E-state index in [9.17, 15) is 9.18 Å². The molecule has 0 amide bonds. The third kappa shape index (κ3) is 4.66. The van der Waals surface area contributed by atoms with E-state index >= 15 is 0 Å². The Labute approximate surface area is 226 Å². The molecule has 0 aliphatic carbocycles. The Morgan fingerprint density at radius 1 is 1.00 bits per heavy atom. The lowest BCUT2D eigenvalue weighted by Gasteiger charge is -2.04. The molecule has 0 unspecified atom stereocenters. The van der Waals surface area contributed by atoms with E-state index in [-0.39, 0.29) is 11.3 Å². The van der Waals surface area contributed by atoms with Crippen LogP contribution in [0, 0.1) is 5.82 Å². The van der Waals surface area contributed by atoms with Crippen LogP contribution in [-0.4, -0.2) is 38.1 Å². The van der Waals surface area contributed by atoms with Crippen LogP contribution < -0.4 is 19.6 Å². The highest BCUT2D eigenvalue weighted by molar-refractivity contribution is 7.15. The van der Waals surface area contributed by atoms with Crippen LogP contribution in [-0.2, 0) is 0 Å². The summed E-state index contributed by atoms with van der Waals surface area (Å²) in [4.78, 5) is 18.3. The molecule has 0 atom stereocenters. The summed E-state index contributed by atoms with van der Waals surface area (Å²) in [6.07, 6.45) is 3.55. The smallest absolute Gasteiger partial charge is 0.291 e. The van der Waals surface area contributed by atoms with Gasteiger partial charge in [0.1, 0.15) is 11.4 Å². The zero-order valence-electron chi connectivity index (χ0n) is 21.0. The number of halogens is 1. The van der Waals surface area contributed by atoms with Gasteiger partial charge >= 0.3 is 0 Å². The first-order valence-electron chi connectivity index (χ1n) is 12.2. The first-order valence-corrected chi connectivity index (χ1v) is 13.0. The van der Waals surface area contributed by atoms with E-state index in [2.05, 4.69) is 10.1 Å². The Hall–Kier alpha value is -4.83. The maximum atomic E-state index is 14.6. The molecule has 8 nitrogen and oxygen atoms in total. The minimum Gasteiger partial charge on any atom is -0.494 e. The molecule has 39 heavy (non-hydrogen) atoms. The summed E-state index contributed by atoms with van der Waals surface area (Å²) in [5.74, 6) is 0.856. The first-order chi connectivity index (χ1) is 19.0. The summed E-state index contributed by atoms with van der Waals surface area (Å²) in [7, 11) is 1.42. The molecule has 10 heteroatoms. The number of aromatic nitrogens is 5. The Morgan fingerprint density at radius 3 is 2.46 bits per heavy atom. The van der Waals surface area contributed by atoms with Gasteiger partial charge in [-0.2, -0.15) is 14.6 Å². The van der Waals surface area contributed by atoms with Crippen molar-refractivity contribution in [2.45, 2.75) is 6.92 Å². The van der Waals surface area contributed by atoms with Gasteiger partial charge in [-0.3, -0.25) is 4.79 Å². The second-order valence-corrected chi connectivity index (χ2v) is 9.57. The zero-order chi connectivity index (χ0) is 26.9. The van der Waals surface area contributed by atoms with Crippen LogP contribution in [0.1, 0.15) is 12.5 Å². The molecule has 0 saturated carbocycles. The zero-order valence-corrected chi connectivity index (χ0v) is 21.9. The fourth-order valence-electron chi connectivity index (χ4n) is 4.21. The lowest BCUT2D eigenvalue weighted by Crippen LogP contribution is -2.23. The van der Waals surface area contributed by atoms with E-state index in [1.165, 1.54) is 29.0 Å². The summed E-state index contributed by atoms with van der Waals surface area (Å²) < 4.78 is 28.6. The van der Waals surface area contributed by atoms with E-state index in [4.69, 9.17) is 14.6 Å². The summed E-state index contributed by atoms with van der Waals surface area (Å²) in [6, 6.07) is 21.6. The van der Waals surface area contributed by atoms with Crippen LogP contribution >= 0.6 is 11.3 Å². The number of para-hydroxylation sites is 1. The molecular formula is C29H22FN5O3S. The first kappa shape index (κ1) is 24.5. The molecule has 0 N–H and O–H groups in total. The number of methoxy groups -OCH3 is 1. The Morgan fingerprint density at radius 2 is 1.77 bits per heavy atom. The second kappa shape index (κ2) is 10.1. The van der Waals surface area contributed by atoms with Crippen molar-refractivity contribution in [3.05, 3.63) is 105 Å². The molecule has 0 spiro atoms. The highest BCUT2D eigenvalue weighted by Crippen LogP contribution is 2.28. The largest absolute Gasteiger partial charge is 0.494 e. The maximum absolute atomic E-state index is 14.6. The maximum Gasteiger partial charge on any atom is 0.291 e. The minimum atomic E-state index is -0.500. The molecule has 6 rings (SSSR count). The molecule has 3 aromatic carbocycles. The van der Waals surface area contributed by atoms with Crippen molar-refractivity contribution in [3.63, 3.8) is 0 Å². The predicted molar refractivity (Wildman–Crippen MR) is 148 cm³/mol. The van der Waals surface area contributed by atoms with Crippen LogP contribution in [0.15, 0.2) is 83.8 Å². The highest BCUT2D eigenvalue weighted by atomic mass is 32.1. The monoisotopic (exact) mass is 539 g/mol. The Balaban J connectivity index is 1.44. The van der Waals surface area contributed by atoms with Gasteiger partial charge in [-0.05, 0) is 67.6 Å². The molecule has 0 aliphatic heterocycles. The van der Waals surface area contributed by atoms with Gasteiger partial charge in [0.05, 0.1) is 23.9 Å². The summed E-state index contributed by atoms with van der Waals surface area (Å²) in [5, 5.41) is 9.16. The quantitative estimate of drug-likeness (QED) is 0.291. The molecule has 0 saturated heterocycles. The number of nitrogens with zero attached hydrogens (tertiary/aromatic N) is 5. The topological polar surface area (TPSA) is 83.5 Å². The fraction of sp³-hybridized carbons (Fsp3) is 0.103. The van der Waals surface area contributed by atoms with Gasteiger partial charge in [-0.1, -0.05) is 29.5 Å². The van der Waals surface area contributed by atoms with E-state index in [0.717, 1.165) is 17.0 Å². The van der Waals surface area contributed by atoms with Crippen LogP contribution in [0.2, 0.25) is 0 Å². The van der Waals surface area contributed by atoms with Gasteiger partial charge in [-0.15, -0.1) is 5.10 Å². The van der Waals surface area contributed by atoms with Crippen LogP contribution in [0.4, 0.5) is 4.39 Å². The Bertz CT molecular complexity index is 1900. The molecule has 194 valence electrons. The lowest BCUT2D eigenvalue weighted by atomic mass is 10.1. The van der Waals surface area contributed by atoms with Gasteiger partial charge < -0.3 is 9.47 Å². The summed E-state index contributed by atoms with van der Waals surface area (Å²) in [6.45, 7) is 2.50. The second-order valence-electron chi connectivity index (χ2n) is 8.57. The van der Waals surface area contributed by atoms with E-state index < -0.39 is 5.82 Å². The van der Waals surface area contributed by atoms with Crippen molar-refractivity contribution in [3.8, 4) is 39.8 Å². The van der Waals surface area contributed by atoms with Gasteiger partial charge in [0, 0.05) is 22.9 Å².